The van der Waals surface area contributed by atoms with Crippen molar-refractivity contribution in [3.8, 4) is 11.8 Å². The van der Waals surface area contributed by atoms with Gasteiger partial charge in [0, 0.05) is 12.8 Å². The Bertz CT molecular complexity index is 354. The Balaban J connectivity index is -0.000000414. The summed E-state index contributed by atoms with van der Waals surface area (Å²) in [7, 11) is 0. The lowest BCUT2D eigenvalue weighted by Gasteiger charge is -1.93. The minimum absolute atomic E-state index is 0.564. The van der Waals surface area contributed by atoms with E-state index < -0.39 is 0 Å². The second-order valence-corrected chi connectivity index (χ2v) is 6.54. The fraction of sp³-hybridized carbons (Fsp3) is 0.833. The number of unbranched alkanes of at least 4 members (excludes halogenated alkanes) is 10. The Hall–Kier alpha value is -0.740. The zero-order valence-electron chi connectivity index (χ0n) is 21.7. The first kappa shape index (κ1) is 20.6. The third-order valence-corrected chi connectivity index (χ3v) is 3.87. The molecule has 0 aromatic carbocycles. The largest absolute Gasteiger partial charge is 0.412 e. The molecule has 25 heavy (non-hydrogen) atoms. The van der Waals surface area contributed by atoms with Crippen LogP contribution in [0.25, 0.3) is 0 Å². The van der Waals surface area contributed by atoms with Crippen molar-refractivity contribution < 1.29 is 8.22 Å². The van der Waals surface area contributed by atoms with Gasteiger partial charge in [0.25, 0.3) is 0 Å². The highest BCUT2D eigenvalue weighted by Crippen LogP contribution is 2.03. The molecule has 0 saturated carbocycles. The average Bonchev–Trinajstić information content (AvgIpc) is 2.71. The van der Waals surface area contributed by atoms with Crippen molar-refractivity contribution in [3.05, 3.63) is 12.1 Å². The molecule has 0 fully saturated rings. The molecule has 2 N–H and O–H groups in total. The summed E-state index contributed by atoms with van der Waals surface area (Å²) in [5.74, 6) is 6.46. The lowest BCUT2D eigenvalue weighted by Crippen LogP contribution is -1.73. The molecule has 0 saturated heterocycles. The van der Waals surface area contributed by atoms with E-state index in [9.17, 15) is 0 Å². The van der Waals surface area contributed by atoms with E-state index in [0.717, 1.165) is 38.5 Å². The predicted molar refractivity (Wildman–Crippen MR) is 117 cm³/mol. The molecular weight excluding hydrogens is 304 g/mol. The van der Waals surface area contributed by atoms with Gasteiger partial charge in [0.05, 0.1) is 2.74 Å². The van der Waals surface area contributed by atoms with E-state index in [1.165, 1.54) is 64.2 Å². The molecule has 1 nitrogen and oxygen atoms in total. The Labute approximate surface area is 166 Å². The van der Waals surface area contributed by atoms with Gasteiger partial charge in [-0.1, -0.05) is 91.2 Å². The molecular formula is C24H48O. The predicted octanol–water partition coefficient (Wildman–Crippen LogP) is 8.03. The normalized spacial score (nSPS) is 12.5. The summed E-state index contributed by atoms with van der Waals surface area (Å²) in [4.78, 5) is 0. The standard InChI is InChI=1S/C12H24.C12H22.H2O/c2*1-3-5-7-9-11-12-10-8-6-4-2;/h11-12H,3-10H2,1-2H3;3-10H2,1-2H3;1H2/b12-11-;;/i11D,12D;;/hD2. The van der Waals surface area contributed by atoms with Crippen LogP contribution in [0.2, 0.25) is 0 Å². The summed E-state index contributed by atoms with van der Waals surface area (Å²) in [6, 6.07) is 1.13. The Morgan fingerprint density at radius 1 is 0.640 bits per heavy atom. The Morgan fingerprint density at radius 2 is 0.960 bits per heavy atom. The molecule has 0 aliphatic heterocycles. The van der Waals surface area contributed by atoms with Crippen molar-refractivity contribution in [2.75, 3.05) is 0 Å². The summed E-state index contributed by atoms with van der Waals surface area (Å²) in [6.45, 7) is 8.79. The minimum Gasteiger partial charge on any atom is -0.412 e. The molecule has 150 valence electrons. The summed E-state index contributed by atoms with van der Waals surface area (Å²) in [5.41, 5.74) is 2.75. The first-order valence-electron chi connectivity index (χ1n) is 12.6. The second-order valence-electron chi connectivity index (χ2n) is 6.54. The Morgan fingerprint density at radius 3 is 1.28 bits per heavy atom. The van der Waals surface area contributed by atoms with Gasteiger partial charge in [-0.05, 0) is 38.5 Å². The monoisotopic (exact) mass is 356 g/mol. The van der Waals surface area contributed by atoms with E-state index >= 15 is 0 Å². The van der Waals surface area contributed by atoms with Crippen molar-refractivity contribution in [3.63, 3.8) is 0 Å². The molecule has 0 aromatic heterocycles. The Kier molecular flexibility index (Phi) is 25.6. The molecule has 0 aromatic rings. The van der Waals surface area contributed by atoms with E-state index in [1.807, 2.05) is 0 Å². The lowest BCUT2D eigenvalue weighted by molar-refractivity contribution is 0.715. The van der Waals surface area contributed by atoms with Crippen LogP contribution >= 0.6 is 0 Å². The van der Waals surface area contributed by atoms with Crippen molar-refractivity contribution >= 4 is 0 Å². The van der Waals surface area contributed by atoms with Crippen molar-refractivity contribution in [1.29, 1.82) is 2.86 Å². The van der Waals surface area contributed by atoms with Crippen LogP contribution < -0.4 is 0 Å². The van der Waals surface area contributed by atoms with Gasteiger partial charge in [-0.15, -0.1) is 11.8 Å². The highest BCUT2D eigenvalue weighted by Gasteiger charge is 1.83. The SMILES string of the molecule is CCCCCC#CCCCCC.[2H]/C(CCCCC)=C(\[2H])CCCCC.[2H]O[2H]. The van der Waals surface area contributed by atoms with E-state index in [0.29, 0.717) is 12.1 Å². The first-order valence-corrected chi connectivity index (χ1v) is 10.7. The highest BCUT2D eigenvalue weighted by atomic mass is 16.0. The summed E-state index contributed by atoms with van der Waals surface area (Å²) >= 11 is 0. The maximum absolute atomic E-state index is 7.68. The number of hydrogen-bond acceptors (Lipinski definition) is 0. The van der Waals surface area contributed by atoms with Gasteiger partial charge in [0.15, 0.2) is 0 Å². The average molecular weight is 357 g/mol. The van der Waals surface area contributed by atoms with Crippen molar-refractivity contribution in [2.45, 2.75) is 130 Å². The maximum Gasteiger partial charge on any atom is 0.206 e. The molecule has 0 aliphatic rings. The van der Waals surface area contributed by atoms with E-state index in [-0.39, 0.29) is 0 Å². The van der Waals surface area contributed by atoms with Crippen LogP contribution in [-0.2, 0) is 0 Å². The molecule has 0 bridgehead atoms. The zero-order valence-corrected chi connectivity index (χ0v) is 17.7. The molecule has 0 radical (unpaired) electrons. The first-order chi connectivity index (χ1) is 14.0. The van der Waals surface area contributed by atoms with Gasteiger partial charge in [0.2, 0.25) is 2.86 Å². The van der Waals surface area contributed by atoms with Crippen LogP contribution in [0.3, 0.4) is 0 Å². The summed E-state index contributed by atoms with van der Waals surface area (Å²) < 4.78 is 26.1. The maximum atomic E-state index is 7.68. The van der Waals surface area contributed by atoms with Gasteiger partial charge in [-0.2, -0.15) is 0 Å². The topological polar surface area (TPSA) is 31.5 Å². The lowest BCUT2D eigenvalue weighted by atomic mass is 10.1. The van der Waals surface area contributed by atoms with Crippen molar-refractivity contribution in [2.24, 2.45) is 0 Å². The van der Waals surface area contributed by atoms with Crippen LogP contribution in [0, 0.1) is 11.8 Å². The van der Waals surface area contributed by atoms with Crippen LogP contribution in [-0.4, -0.2) is 8.34 Å². The van der Waals surface area contributed by atoms with Gasteiger partial charge in [0.1, 0.15) is 0 Å². The quantitative estimate of drug-likeness (QED) is 0.171. The van der Waals surface area contributed by atoms with Gasteiger partial charge in [-0.3, -0.25) is 0 Å². The third-order valence-electron chi connectivity index (χ3n) is 3.87. The fourth-order valence-corrected chi connectivity index (χ4v) is 2.21. The number of hydrogen-bond donors (Lipinski definition) is 0. The second kappa shape index (κ2) is 31.1. The molecule has 0 unspecified atom stereocenters. The third kappa shape index (κ3) is 35.3. The molecule has 0 spiro atoms. The number of rotatable bonds is 14. The molecule has 0 amide bonds. The molecule has 0 atom stereocenters. The van der Waals surface area contributed by atoms with E-state index in [2.05, 4.69) is 45.0 Å². The smallest absolute Gasteiger partial charge is 0.206 e. The molecule has 0 rings (SSSR count). The molecule has 0 heterocycles. The molecule has 1 heteroatoms. The number of allylic oxidation sites excluding steroid dienone is 2. The van der Waals surface area contributed by atoms with Crippen LogP contribution in [0.4, 0.5) is 0 Å². The fourth-order valence-electron chi connectivity index (χ4n) is 2.21. The van der Waals surface area contributed by atoms with Gasteiger partial charge < -0.3 is 5.48 Å². The van der Waals surface area contributed by atoms with Crippen molar-refractivity contribution in [1.82, 2.24) is 0 Å². The summed E-state index contributed by atoms with van der Waals surface area (Å²) in [5, 5.41) is 0. The molecule has 0 aliphatic carbocycles. The zero-order chi connectivity index (χ0) is 22.6. The highest BCUT2D eigenvalue weighted by molar-refractivity contribution is 4.98. The van der Waals surface area contributed by atoms with Crippen LogP contribution in [0.5, 0.6) is 0 Å². The van der Waals surface area contributed by atoms with Crippen LogP contribution in [0.1, 0.15) is 133 Å². The minimum atomic E-state index is 0.564. The summed E-state index contributed by atoms with van der Waals surface area (Å²) in [6.07, 6.45) is 18.6. The van der Waals surface area contributed by atoms with E-state index in [4.69, 9.17) is 5.60 Å². The van der Waals surface area contributed by atoms with E-state index in [1.54, 1.807) is 0 Å². The van der Waals surface area contributed by atoms with Gasteiger partial charge in [-0.25, -0.2) is 0 Å². The van der Waals surface area contributed by atoms with Crippen LogP contribution in [0.15, 0.2) is 12.1 Å². The van der Waals surface area contributed by atoms with Gasteiger partial charge >= 0.3 is 0 Å².